The first-order chi connectivity index (χ1) is 15.8. The Hall–Kier alpha value is -3.03. The molecule has 1 atom stereocenters. The number of halogens is 1. The third-order valence-electron chi connectivity index (χ3n) is 5.31. The number of amides is 1. The summed E-state index contributed by atoms with van der Waals surface area (Å²) in [7, 11) is -2.40. The molecule has 0 bridgehead atoms. The molecule has 0 aromatic heterocycles. The topological polar surface area (TPSA) is 75.7 Å². The molecule has 174 valence electrons. The number of nitrogens with one attached hydrogen (secondary N) is 1. The van der Waals surface area contributed by atoms with Crippen molar-refractivity contribution in [3.05, 3.63) is 88.9 Å². The molecule has 33 heavy (non-hydrogen) atoms. The van der Waals surface area contributed by atoms with Gasteiger partial charge in [-0.3, -0.25) is 9.10 Å². The van der Waals surface area contributed by atoms with Crippen LogP contribution in [0, 0.1) is 6.92 Å². The van der Waals surface area contributed by atoms with Crippen LogP contribution >= 0.6 is 11.6 Å². The van der Waals surface area contributed by atoms with E-state index in [1.54, 1.807) is 50.4 Å². The highest BCUT2D eigenvalue weighted by Crippen LogP contribution is 2.29. The third kappa shape index (κ3) is 5.86. The lowest BCUT2D eigenvalue weighted by Gasteiger charge is -2.27. The first kappa shape index (κ1) is 24.6. The second kappa shape index (κ2) is 10.7. The van der Waals surface area contributed by atoms with Crippen molar-refractivity contribution < 1.29 is 17.9 Å². The number of ether oxygens (including phenoxy) is 1. The Morgan fingerprint density at radius 3 is 2.30 bits per heavy atom. The molecule has 0 radical (unpaired) electrons. The van der Waals surface area contributed by atoms with Gasteiger partial charge >= 0.3 is 0 Å². The van der Waals surface area contributed by atoms with Crippen LogP contribution in [0.5, 0.6) is 5.75 Å². The lowest BCUT2D eigenvalue weighted by molar-refractivity contribution is -0.120. The average Bonchev–Trinajstić information content (AvgIpc) is 2.82. The summed E-state index contributed by atoms with van der Waals surface area (Å²) in [6, 6.07) is 20.1. The van der Waals surface area contributed by atoms with Crippen LogP contribution in [0.1, 0.15) is 30.5 Å². The number of anilines is 1. The van der Waals surface area contributed by atoms with Gasteiger partial charge in [0.15, 0.2) is 0 Å². The highest BCUT2D eigenvalue weighted by molar-refractivity contribution is 7.92. The quantitative estimate of drug-likeness (QED) is 0.455. The fourth-order valence-corrected chi connectivity index (χ4v) is 5.28. The van der Waals surface area contributed by atoms with Gasteiger partial charge in [0.1, 0.15) is 12.3 Å². The number of carbonyl (C=O) groups is 1. The Balaban J connectivity index is 1.91. The molecule has 3 aromatic rings. The number of carbonyl (C=O) groups excluding carboxylic acids is 1. The predicted octanol–water partition coefficient (Wildman–Crippen LogP) is 5.12. The normalized spacial score (nSPS) is 12.1. The number of hydrogen-bond donors (Lipinski definition) is 1. The zero-order valence-electron chi connectivity index (χ0n) is 18.8. The molecule has 0 spiro atoms. The molecule has 0 heterocycles. The molecule has 0 aliphatic rings. The van der Waals surface area contributed by atoms with Gasteiger partial charge in [-0.2, -0.15) is 0 Å². The summed E-state index contributed by atoms with van der Waals surface area (Å²) in [4.78, 5) is 13.2. The molecule has 1 N–H and O–H groups in total. The van der Waals surface area contributed by atoms with Crippen molar-refractivity contribution in [3.8, 4) is 5.75 Å². The van der Waals surface area contributed by atoms with Crippen LogP contribution in [0.15, 0.2) is 77.7 Å². The van der Waals surface area contributed by atoms with Gasteiger partial charge in [0.2, 0.25) is 5.91 Å². The number of sulfonamides is 1. The van der Waals surface area contributed by atoms with Gasteiger partial charge in [-0.25, -0.2) is 8.42 Å². The van der Waals surface area contributed by atoms with E-state index in [1.807, 2.05) is 31.2 Å². The van der Waals surface area contributed by atoms with E-state index in [2.05, 4.69) is 5.32 Å². The van der Waals surface area contributed by atoms with Crippen LogP contribution in [0.3, 0.4) is 0 Å². The molecule has 0 aliphatic heterocycles. The van der Waals surface area contributed by atoms with Gasteiger partial charge in [0, 0.05) is 5.02 Å². The summed E-state index contributed by atoms with van der Waals surface area (Å²) in [5, 5.41) is 3.45. The highest BCUT2D eigenvalue weighted by Gasteiger charge is 2.29. The molecule has 0 saturated heterocycles. The standard InChI is InChI=1S/C25H27ClN2O4S/c1-4-23(19-10-13-21(32-3)14-11-19)27-25(29)17-28(24-15-12-20(26)16-18(24)2)33(30,31)22-8-6-5-7-9-22/h5-16,23H,4,17H2,1-3H3,(H,27,29). The zero-order valence-corrected chi connectivity index (χ0v) is 20.4. The molecule has 0 aliphatic carbocycles. The molecule has 3 rings (SSSR count). The Kier molecular flexibility index (Phi) is 8.00. The summed E-state index contributed by atoms with van der Waals surface area (Å²) in [6.07, 6.45) is 0.642. The first-order valence-corrected chi connectivity index (χ1v) is 12.3. The Morgan fingerprint density at radius 1 is 1.06 bits per heavy atom. The Labute approximate surface area is 200 Å². The van der Waals surface area contributed by atoms with Crippen LogP contribution in [-0.2, 0) is 14.8 Å². The number of rotatable bonds is 9. The molecule has 8 heteroatoms. The van der Waals surface area contributed by atoms with Crippen LogP contribution in [-0.4, -0.2) is 28.0 Å². The van der Waals surface area contributed by atoms with Crippen LogP contribution in [0.2, 0.25) is 5.02 Å². The summed E-state index contributed by atoms with van der Waals surface area (Å²) in [6.45, 7) is 3.35. The van der Waals surface area contributed by atoms with Crippen molar-refractivity contribution in [1.82, 2.24) is 5.32 Å². The van der Waals surface area contributed by atoms with E-state index < -0.39 is 15.9 Å². The molecule has 0 fully saturated rings. The minimum atomic E-state index is -3.99. The van der Waals surface area contributed by atoms with Gasteiger partial charge in [0.05, 0.1) is 23.7 Å². The van der Waals surface area contributed by atoms with E-state index >= 15 is 0 Å². The maximum Gasteiger partial charge on any atom is 0.264 e. The third-order valence-corrected chi connectivity index (χ3v) is 7.32. The van der Waals surface area contributed by atoms with Gasteiger partial charge in [0.25, 0.3) is 10.0 Å². The summed E-state index contributed by atoms with van der Waals surface area (Å²) >= 11 is 6.08. The van der Waals surface area contributed by atoms with E-state index in [4.69, 9.17) is 16.3 Å². The maximum absolute atomic E-state index is 13.5. The zero-order chi connectivity index (χ0) is 24.0. The van der Waals surface area contributed by atoms with Crippen LogP contribution in [0.4, 0.5) is 5.69 Å². The minimum Gasteiger partial charge on any atom is -0.497 e. The minimum absolute atomic E-state index is 0.106. The average molecular weight is 487 g/mol. The van der Waals surface area contributed by atoms with Crippen molar-refractivity contribution in [3.63, 3.8) is 0 Å². The fourth-order valence-electron chi connectivity index (χ4n) is 3.55. The summed E-state index contributed by atoms with van der Waals surface area (Å²) in [5.41, 5.74) is 1.96. The van der Waals surface area contributed by atoms with E-state index in [9.17, 15) is 13.2 Å². The van der Waals surface area contributed by atoms with Crippen molar-refractivity contribution >= 4 is 33.2 Å². The summed E-state index contributed by atoms with van der Waals surface area (Å²) in [5.74, 6) is 0.310. The van der Waals surface area contributed by atoms with E-state index in [0.717, 1.165) is 15.6 Å². The number of nitrogens with zero attached hydrogens (tertiary/aromatic N) is 1. The SMILES string of the molecule is CCC(NC(=O)CN(c1ccc(Cl)cc1C)S(=O)(=O)c1ccccc1)c1ccc(OC)cc1. The second-order valence-corrected chi connectivity index (χ2v) is 9.86. The molecule has 3 aromatic carbocycles. The molecule has 1 amide bonds. The van der Waals surface area contributed by atoms with Crippen LogP contribution < -0.4 is 14.4 Å². The highest BCUT2D eigenvalue weighted by atomic mass is 35.5. The Bertz CT molecular complexity index is 1200. The number of hydrogen-bond acceptors (Lipinski definition) is 4. The van der Waals surface area contributed by atoms with Crippen molar-refractivity contribution in [2.45, 2.75) is 31.2 Å². The lowest BCUT2D eigenvalue weighted by Crippen LogP contribution is -2.42. The number of aryl methyl sites for hydroxylation is 1. The molecule has 1 unspecified atom stereocenters. The monoisotopic (exact) mass is 486 g/mol. The molecule has 0 saturated carbocycles. The smallest absolute Gasteiger partial charge is 0.264 e. The van der Waals surface area contributed by atoms with Crippen molar-refractivity contribution in [2.24, 2.45) is 0 Å². The maximum atomic E-state index is 13.5. The lowest BCUT2D eigenvalue weighted by atomic mass is 10.0. The molecular weight excluding hydrogens is 460 g/mol. The second-order valence-electron chi connectivity index (χ2n) is 7.56. The molecule has 6 nitrogen and oxygen atoms in total. The Morgan fingerprint density at radius 2 is 1.73 bits per heavy atom. The largest absolute Gasteiger partial charge is 0.497 e. The van der Waals surface area contributed by atoms with E-state index in [1.165, 1.54) is 12.1 Å². The number of benzene rings is 3. The van der Waals surface area contributed by atoms with Gasteiger partial charge in [-0.15, -0.1) is 0 Å². The van der Waals surface area contributed by atoms with E-state index in [-0.39, 0.29) is 17.5 Å². The van der Waals surface area contributed by atoms with Gasteiger partial charge < -0.3 is 10.1 Å². The predicted molar refractivity (Wildman–Crippen MR) is 131 cm³/mol. The van der Waals surface area contributed by atoms with Crippen molar-refractivity contribution in [1.29, 1.82) is 0 Å². The fraction of sp³-hybridized carbons (Fsp3) is 0.240. The van der Waals surface area contributed by atoms with Gasteiger partial charge in [-0.05, 0) is 66.9 Å². The molecular formula is C25H27ClN2O4S. The van der Waals surface area contributed by atoms with Crippen LogP contribution in [0.25, 0.3) is 0 Å². The van der Waals surface area contributed by atoms with Gasteiger partial charge in [-0.1, -0.05) is 48.9 Å². The van der Waals surface area contributed by atoms with Crippen molar-refractivity contribution in [2.75, 3.05) is 18.0 Å². The first-order valence-electron chi connectivity index (χ1n) is 10.5. The van der Waals surface area contributed by atoms with E-state index in [0.29, 0.717) is 22.7 Å². The summed E-state index contributed by atoms with van der Waals surface area (Å²) < 4.78 is 33.3. The number of methoxy groups -OCH3 is 1.